The molecule has 0 amide bonds. The molecular weight excluding hydrogens is 259 g/mol. The van der Waals surface area contributed by atoms with Gasteiger partial charge in [-0.25, -0.2) is 4.79 Å². The molecule has 0 aromatic rings. The van der Waals surface area contributed by atoms with Crippen molar-refractivity contribution in [2.45, 2.75) is 77.0 Å². The predicted molar refractivity (Wildman–Crippen MR) is 74.0 cm³/mol. The molecule has 1 unspecified atom stereocenters. The molecular formula is C14H24BO5-. The van der Waals surface area contributed by atoms with Crippen LogP contribution < -0.4 is 0 Å². The van der Waals surface area contributed by atoms with Crippen molar-refractivity contribution in [2.24, 2.45) is 5.92 Å². The summed E-state index contributed by atoms with van der Waals surface area (Å²) in [5, 5.41) is 0. The van der Waals surface area contributed by atoms with Crippen LogP contribution >= 0.6 is 0 Å². The average Bonchev–Trinajstić information content (AvgIpc) is 2.73. The van der Waals surface area contributed by atoms with Gasteiger partial charge in [0.15, 0.2) is 0 Å². The molecule has 114 valence electrons. The number of carbonyl (C=O) groups excluding carboxylic acids is 1. The van der Waals surface area contributed by atoms with Crippen LogP contribution in [0.3, 0.4) is 0 Å². The average molecular weight is 283 g/mol. The van der Waals surface area contributed by atoms with Crippen molar-refractivity contribution < 1.29 is 23.5 Å². The van der Waals surface area contributed by atoms with Gasteiger partial charge in [0, 0.05) is 11.2 Å². The van der Waals surface area contributed by atoms with Gasteiger partial charge < -0.3 is 18.7 Å². The first kappa shape index (κ1) is 14.2. The molecule has 0 bridgehead atoms. The third-order valence-corrected chi connectivity index (χ3v) is 5.38. The quantitative estimate of drug-likeness (QED) is 0.546. The minimum absolute atomic E-state index is 0.278. The minimum atomic E-state index is -2.14. The van der Waals surface area contributed by atoms with Gasteiger partial charge >= 0.3 is 12.9 Å². The van der Waals surface area contributed by atoms with E-state index in [4.69, 9.17) is 18.7 Å². The summed E-state index contributed by atoms with van der Waals surface area (Å²) < 4.78 is 23.1. The molecule has 2 heterocycles. The van der Waals surface area contributed by atoms with E-state index in [1.54, 1.807) is 0 Å². The summed E-state index contributed by atoms with van der Waals surface area (Å²) in [6, 6.07) is -0.399. The molecule has 6 heteroatoms. The fourth-order valence-corrected chi connectivity index (χ4v) is 3.63. The highest BCUT2D eigenvalue weighted by Crippen LogP contribution is 2.48. The van der Waals surface area contributed by atoms with E-state index >= 15 is 0 Å². The first-order valence-electron chi connectivity index (χ1n) is 7.70. The molecule has 2 saturated heterocycles. The van der Waals surface area contributed by atoms with Crippen LogP contribution in [0, 0.1) is 5.92 Å². The van der Waals surface area contributed by atoms with Gasteiger partial charge in [-0.05, 0) is 46.5 Å². The van der Waals surface area contributed by atoms with Crippen molar-refractivity contribution in [3.63, 3.8) is 0 Å². The smallest absolute Gasteiger partial charge is 0.480 e. The Morgan fingerprint density at radius 1 is 1.00 bits per heavy atom. The summed E-state index contributed by atoms with van der Waals surface area (Å²) in [5.41, 5.74) is -1.04. The standard InChI is InChI=1S/C14H24BO5/c1-13(2)14(3,4)20-15(19-13)11(17-12(16)18-15)10-8-6-5-7-9-10/h10-11H,5-9H2,1-4H3/q-1. The molecule has 0 aromatic carbocycles. The normalized spacial score (nSPS) is 35.0. The van der Waals surface area contributed by atoms with Crippen molar-refractivity contribution in [1.29, 1.82) is 0 Å². The highest BCUT2D eigenvalue weighted by Gasteiger charge is 2.64. The van der Waals surface area contributed by atoms with Crippen molar-refractivity contribution in [2.75, 3.05) is 0 Å². The van der Waals surface area contributed by atoms with Crippen molar-refractivity contribution in [1.82, 2.24) is 0 Å². The zero-order valence-electron chi connectivity index (χ0n) is 12.8. The maximum Gasteiger partial charge on any atom is 0.480 e. The topological polar surface area (TPSA) is 54.0 Å². The van der Waals surface area contributed by atoms with Crippen LogP contribution in [0.4, 0.5) is 4.79 Å². The molecule has 1 atom stereocenters. The second-order valence-electron chi connectivity index (χ2n) is 7.30. The molecule has 3 aliphatic rings. The fourth-order valence-electron chi connectivity index (χ4n) is 3.63. The summed E-state index contributed by atoms with van der Waals surface area (Å²) in [5.74, 6) is 0.278. The zero-order valence-corrected chi connectivity index (χ0v) is 12.8. The van der Waals surface area contributed by atoms with Crippen molar-refractivity contribution >= 4 is 12.9 Å². The number of hydrogen-bond donors (Lipinski definition) is 0. The molecule has 3 fully saturated rings. The Morgan fingerprint density at radius 2 is 1.55 bits per heavy atom. The first-order valence-corrected chi connectivity index (χ1v) is 7.70. The summed E-state index contributed by atoms with van der Waals surface area (Å²) >= 11 is 0. The SMILES string of the molecule is CC1(C)O[B-]2(OC(=O)OC2C2CCCCC2)OC1(C)C. The molecule has 0 N–H and O–H groups in total. The molecule has 1 saturated carbocycles. The highest BCUT2D eigenvalue weighted by atomic mass is 16.9. The van der Waals surface area contributed by atoms with Gasteiger partial charge in [-0.1, -0.05) is 19.3 Å². The Balaban J connectivity index is 1.89. The predicted octanol–water partition coefficient (Wildman–Crippen LogP) is 3.18. The number of rotatable bonds is 1. The number of carbonyl (C=O) groups is 1. The summed E-state index contributed by atoms with van der Waals surface area (Å²) in [7, 11) is 0. The van der Waals surface area contributed by atoms with Crippen LogP contribution in [0.1, 0.15) is 59.8 Å². The van der Waals surface area contributed by atoms with Gasteiger partial charge in [-0.15, -0.1) is 0 Å². The molecule has 0 aromatic heterocycles. The third kappa shape index (κ3) is 2.04. The molecule has 5 nitrogen and oxygen atoms in total. The molecule has 2 aliphatic heterocycles. The molecule has 3 rings (SSSR count). The van der Waals surface area contributed by atoms with Crippen LogP contribution in [0.15, 0.2) is 0 Å². The largest absolute Gasteiger partial charge is 0.609 e. The Bertz CT molecular complexity index is 398. The van der Waals surface area contributed by atoms with Gasteiger partial charge in [-0.3, -0.25) is 0 Å². The van der Waals surface area contributed by atoms with Gasteiger partial charge in [-0.2, -0.15) is 0 Å². The summed E-state index contributed by atoms with van der Waals surface area (Å²) in [6.45, 7) is 5.72. The molecule has 0 radical (unpaired) electrons. The van der Waals surface area contributed by atoms with Gasteiger partial charge in [0.2, 0.25) is 0 Å². The van der Waals surface area contributed by atoms with Gasteiger partial charge in [0.05, 0.1) is 6.00 Å². The number of cyclic esters (lactones) is 1. The van der Waals surface area contributed by atoms with Crippen molar-refractivity contribution in [3.8, 4) is 0 Å². The van der Waals surface area contributed by atoms with Crippen LogP contribution in [-0.4, -0.2) is 30.1 Å². The van der Waals surface area contributed by atoms with Crippen LogP contribution in [0.2, 0.25) is 0 Å². The van der Waals surface area contributed by atoms with E-state index in [0.29, 0.717) is 0 Å². The molecule has 1 spiro atoms. The van der Waals surface area contributed by atoms with Crippen LogP contribution in [0.25, 0.3) is 0 Å². The Hall–Kier alpha value is -0.745. The maximum absolute atomic E-state index is 11.7. The Labute approximate surface area is 120 Å². The van der Waals surface area contributed by atoms with Gasteiger partial charge in [0.25, 0.3) is 0 Å². The monoisotopic (exact) mass is 283 g/mol. The summed E-state index contributed by atoms with van der Waals surface area (Å²) in [6.07, 6.45) is 5.00. The number of hydrogen-bond acceptors (Lipinski definition) is 5. The van der Waals surface area contributed by atoms with E-state index in [1.165, 1.54) is 6.42 Å². The lowest BCUT2D eigenvalue weighted by Gasteiger charge is -2.38. The van der Waals surface area contributed by atoms with Crippen molar-refractivity contribution in [3.05, 3.63) is 0 Å². The lowest BCUT2D eigenvalue weighted by molar-refractivity contribution is 0.00578. The highest BCUT2D eigenvalue weighted by molar-refractivity contribution is 6.66. The van der Waals surface area contributed by atoms with E-state index in [9.17, 15) is 4.79 Å². The first-order chi connectivity index (χ1) is 9.26. The maximum atomic E-state index is 11.7. The lowest BCUT2D eigenvalue weighted by atomic mass is 9.62. The third-order valence-electron chi connectivity index (χ3n) is 5.38. The van der Waals surface area contributed by atoms with E-state index in [2.05, 4.69) is 0 Å². The Morgan fingerprint density at radius 3 is 2.10 bits per heavy atom. The lowest BCUT2D eigenvalue weighted by Crippen LogP contribution is -2.53. The Kier molecular flexibility index (Phi) is 3.11. The van der Waals surface area contributed by atoms with Gasteiger partial charge in [0.1, 0.15) is 0 Å². The zero-order chi connectivity index (χ0) is 14.6. The minimum Gasteiger partial charge on any atom is -0.609 e. The summed E-state index contributed by atoms with van der Waals surface area (Å²) in [4.78, 5) is 11.7. The molecule has 1 aliphatic carbocycles. The molecule has 20 heavy (non-hydrogen) atoms. The number of ether oxygens (including phenoxy) is 1. The van der Waals surface area contributed by atoms with Crippen LogP contribution in [0.5, 0.6) is 0 Å². The van der Waals surface area contributed by atoms with Crippen LogP contribution in [-0.2, 0) is 18.7 Å². The fraction of sp³-hybridized carbons (Fsp3) is 0.929. The van der Waals surface area contributed by atoms with E-state index in [-0.39, 0.29) is 5.92 Å². The van der Waals surface area contributed by atoms with E-state index in [0.717, 1.165) is 25.7 Å². The van der Waals surface area contributed by atoms with E-state index in [1.807, 2.05) is 27.7 Å². The second-order valence-corrected chi connectivity index (χ2v) is 7.30. The van der Waals surface area contributed by atoms with E-state index < -0.39 is 30.1 Å². The second kappa shape index (κ2) is 4.37.